The summed E-state index contributed by atoms with van der Waals surface area (Å²) in [7, 11) is 0. The summed E-state index contributed by atoms with van der Waals surface area (Å²) in [5.41, 5.74) is 0.343. The maximum atomic E-state index is 11.4. The molecule has 0 saturated carbocycles. The lowest BCUT2D eigenvalue weighted by atomic mass is 10.0. The third-order valence-electron chi connectivity index (χ3n) is 1.97. The van der Waals surface area contributed by atoms with Crippen LogP contribution >= 0.6 is 0 Å². The van der Waals surface area contributed by atoms with Gasteiger partial charge in [0.15, 0.2) is 0 Å². The zero-order valence-corrected chi connectivity index (χ0v) is 8.86. The van der Waals surface area contributed by atoms with Gasteiger partial charge in [-0.05, 0) is 13.8 Å². The van der Waals surface area contributed by atoms with Gasteiger partial charge in [0.1, 0.15) is 5.92 Å². The Bertz CT molecular complexity index is 315. The van der Waals surface area contributed by atoms with Crippen LogP contribution in [-0.2, 0) is 19.1 Å². The fourth-order valence-electron chi connectivity index (χ4n) is 1.32. The minimum Gasteiger partial charge on any atom is -0.465 e. The average Bonchev–Trinajstić information content (AvgIpc) is 2.66. The van der Waals surface area contributed by atoms with Gasteiger partial charge in [-0.2, -0.15) is 0 Å². The van der Waals surface area contributed by atoms with Crippen LogP contribution in [0.2, 0.25) is 0 Å². The summed E-state index contributed by atoms with van der Waals surface area (Å²) < 4.78 is 9.67. The van der Waals surface area contributed by atoms with Crippen molar-refractivity contribution in [3.8, 4) is 0 Å². The van der Waals surface area contributed by atoms with Crippen molar-refractivity contribution in [3.63, 3.8) is 0 Å². The van der Waals surface area contributed by atoms with E-state index in [9.17, 15) is 9.59 Å². The van der Waals surface area contributed by atoms with Gasteiger partial charge in [0.25, 0.3) is 0 Å². The highest BCUT2D eigenvalue weighted by Gasteiger charge is 2.29. The third kappa shape index (κ3) is 2.68. The van der Waals surface area contributed by atoms with Gasteiger partial charge in [-0.3, -0.25) is 4.79 Å². The van der Waals surface area contributed by atoms with Crippen LogP contribution in [0.15, 0.2) is 23.8 Å². The summed E-state index contributed by atoms with van der Waals surface area (Å²) in [6, 6.07) is 0. The van der Waals surface area contributed by atoms with Crippen molar-refractivity contribution in [2.24, 2.45) is 5.92 Å². The summed E-state index contributed by atoms with van der Waals surface area (Å²) in [6.07, 6.45) is 4.87. The maximum absolute atomic E-state index is 11.4. The lowest BCUT2D eigenvalue weighted by Gasteiger charge is -2.11. The topological polar surface area (TPSA) is 52.6 Å². The fourth-order valence-corrected chi connectivity index (χ4v) is 1.32. The van der Waals surface area contributed by atoms with Crippen molar-refractivity contribution in [1.29, 1.82) is 0 Å². The predicted molar refractivity (Wildman–Crippen MR) is 54.0 cm³/mol. The Morgan fingerprint density at radius 1 is 1.27 bits per heavy atom. The number of esters is 2. The van der Waals surface area contributed by atoms with Gasteiger partial charge in [-0.25, -0.2) is 4.79 Å². The Labute approximate surface area is 88.6 Å². The summed E-state index contributed by atoms with van der Waals surface area (Å²) >= 11 is 0. The van der Waals surface area contributed by atoms with Crippen LogP contribution in [0.1, 0.15) is 13.8 Å². The first-order valence-electron chi connectivity index (χ1n) is 4.92. The Hall–Kier alpha value is -1.58. The lowest BCUT2D eigenvalue weighted by Crippen LogP contribution is -2.22. The SMILES string of the molecule is CCOC(=O)C1=CC=CC1C(=O)OCC. The molecule has 15 heavy (non-hydrogen) atoms. The highest BCUT2D eigenvalue weighted by atomic mass is 16.5. The second-order valence-corrected chi connectivity index (χ2v) is 2.96. The number of hydrogen-bond donors (Lipinski definition) is 0. The van der Waals surface area contributed by atoms with E-state index in [2.05, 4.69) is 0 Å². The quantitative estimate of drug-likeness (QED) is 0.655. The Morgan fingerprint density at radius 3 is 2.53 bits per heavy atom. The largest absolute Gasteiger partial charge is 0.465 e. The molecular weight excluding hydrogens is 196 g/mol. The van der Waals surface area contributed by atoms with Crippen molar-refractivity contribution < 1.29 is 19.1 Å². The number of carbonyl (C=O) groups excluding carboxylic acids is 2. The second kappa shape index (κ2) is 5.34. The van der Waals surface area contributed by atoms with Crippen LogP contribution in [0.4, 0.5) is 0 Å². The van der Waals surface area contributed by atoms with Crippen molar-refractivity contribution in [2.75, 3.05) is 13.2 Å². The van der Waals surface area contributed by atoms with E-state index in [-0.39, 0.29) is 0 Å². The van der Waals surface area contributed by atoms with E-state index >= 15 is 0 Å². The van der Waals surface area contributed by atoms with Crippen molar-refractivity contribution in [3.05, 3.63) is 23.8 Å². The summed E-state index contributed by atoms with van der Waals surface area (Å²) in [4.78, 5) is 22.9. The maximum Gasteiger partial charge on any atom is 0.335 e. The van der Waals surface area contributed by atoms with Gasteiger partial charge < -0.3 is 9.47 Å². The highest BCUT2D eigenvalue weighted by molar-refractivity contribution is 5.98. The molecule has 0 spiro atoms. The molecule has 0 N–H and O–H groups in total. The van der Waals surface area contributed by atoms with Crippen LogP contribution < -0.4 is 0 Å². The number of allylic oxidation sites excluding steroid dienone is 2. The van der Waals surface area contributed by atoms with Crippen LogP contribution in [0.3, 0.4) is 0 Å². The molecule has 1 rings (SSSR count). The Kier molecular flexibility index (Phi) is 4.09. The fraction of sp³-hybridized carbons (Fsp3) is 0.455. The smallest absolute Gasteiger partial charge is 0.335 e. The van der Waals surface area contributed by atoms with Crippen LogP contribution in [-0.4, -0.2) is 25.2 Å². The first-order chi connectivity index (χ1) is 7.20. The molecule has 0 heterocycles. The molecule has 0 saturated heterocycles. The van der Waals surface area contributed by atoms with Gasteiger partial charge in [0, 0.05) is 0 Å². The monoisotopic (exact) mass is 210 g/mol. The first kappa shape index (κ1) is 11.5. The summed E-state index contributed by atoms with van der Waals surface area (Å²) in [6.45, 7) is 4.05. The standard InChI is InChI=1S/C11H14O4/c1-3-14-10(12)8-6-5-7-9(8)11(13)15-4-2/h5-8H,3-4H2,1-2H3. The van der Waals surface area contributed by atoms with Gasteiger partial charge in [-0.15, -0.1) is 0 Å². The molecule has 1 aliphatic rings. The number of carbonyl (C=O) groups is 2. The van der Waals surface area contributed by atoms with Crippen molar-refractivity contribution >= 4 is 11.9 Å². The van der Waals surface area contributed by atoms with E-state index in [0.29, 0.717) is 18.8 Å². The molecule has 0 radical (unpaired) electrons. The zero-order valence-electron chi connectivity index (χ0n) is 8.86. The van der Waals surface area contributed by atoms with E-state index < -0.39 is 17.9 Å². The summed E-state index contributed by atoms with van der Waals surface area (Å²) in [5.74, 6) is -1.48. The van der Waals surface area contributed by atoms with Gasteiger partial charge in [0.05, 0.1) is 18.8 Å². The molecule has 0 aromatic carbocycles. The molecule has 0 aromatic heterocycles. The number of rotatable bonds is 4. The first-order valence-corrected chi connectivity index (χ1v) is 4.92. The zero-order chi connectivity index (χ0) is 11.3. The lowest BCUT2D eigenvalue weighted by molar-refractivity contribution is -0.148. The van der Waals surface area contributed by atoms with Crippen molar-refractivity contribution in [1.82, 2.24) is 0 Å². The van der Waals surface area contributed by atoms with Gasteiger partial charge in [-0.1, -0.05) is 18.2 Å². The Morgan fingerprint density at radius 2 is 1.93 bits per heavy atom. The Balaban J connectivity index is 2.67. The average molecular weight is 210 g/mol. The van der Waals surface area contributed by atoms with E-state index in [1.165, 1.54) is 0 Å². The molecule has 0 fully saturated rings. The molecule has 0 amide bonds. The molecule has 4 heteroatoms. The minimum absolute atomic E-state index is 0.297. The van der Waals surface area contributed by atoms with E-state index in [0.717, 1.165) is 0 Å². The molecule has 4 nitrogen and oxygen atoms in total. The van der Waals surface area contributed by atoms with Crippen LogP contribution in [0.5, 0.6) is 0 Å². The van der Waals surface area contributed by atoms with Crippen molar-refractivity contribution in [2.45, 2.75) is 13.8 Å². The second-order valence-electron chi connectivity index (χ2n) is 2.96. The molecule has 1 unspecified atom stereocenters. The van der Waals surface area contributed by atoms with Crippen LogP contribution in [0, 0.1) is 5.92 Å². The van der Waals surface area contributed by atoms with E-state index in [4.69, 9.17) is 9.47 Å². The molecule has 0 bridgehead atoms. The third-order valence-corrected chi connectivity index (χ3v) is 1.97. The minimum atomic E-state index is -0.607. The molecule has 82 valence electrons. The molecule has 0 aromatic rings. The highest BCUT2D eigenvalue weighted by Crippen LogP contribution is 2.22. The van der Waals surface area contributed by atoms with E-state index in [1.54, 1.807) is 32.1 Å². The number of ether oxygens (including phenoxy) is 2. The van der Waals surface area contributed by atoms with Crippen LogP contribution in [0.25, 0.3) is 0 Å². The number of hydrogen-bond acceptors (Lipinski definition) is 4. The molecule has 1 atom stereocenters. The van der Waals surface area contributed by atoms with Gasteiger partial charge >= 0.3 is 11.9 Å². The molecular formula is C11H14O4. The molecule has 1 aliphatic carbocycles. The molecule has 0 aliphatic heterocycles. The predicted octanol–water partition coefficient (Wildman–Crippen LogP) is 1.22. The normalized spacial score (nSPS) is 18.5. The van der Waals surface area contributed by atoms with E-state index in [1.807, 2.05) is 0 Å². The summed E-state index contributed by atoms with van der Waals surface area (Å²) in [5, 5.41) is 0. The van der Waals surface area contributed by atoms with Gasteiger partial charge in [0.2, 0.25) is 0 Å².